The smallest absolute Gasteiger partial charge is 0.306 e. The molecule has 0 amide bonds. The first-order valence-electron chi connectivity index (χ1n) is 29.2. The highest BCUT2D eigenvalue weighted by atomic mass is 16.6. The Labute approximate surface area is 416 Å². The molecule has 6 heteroatoms. The van der Waals surface area contributed by atoms with Crippen LogP contribution in [0.4, 0.5) is 0 Å². The number of allylic oxidation sites excluding steroid dienone is 8. The van der Waals surface area contributed by atoms with Gasteiger partial charge >= 0.3 is 17.9 Å². The number of rotatable bonds is 53. The van der Waals surface area contributed by atoms with Gasteiger partial charge in [0.2, 0.25) is 0 Å². The molecule has 0 aromatic carbocycles. The normalized spacial score (nSPS) is 12.3. The third-order valence-electron chi connectivity index (χ3n) is 12.8. The molecular weight excluding hydrogens is 829 g/mol. The molecular formula is C61H110O6. The molecule has 1 unspecified atom stereocenters. The fourth-order valence-electron chi connectivity index (χ4n) is 8.36. The zero-order valence-electron chi connectivity index (χ0n) is 44.7. The van der Waals surface area contributed by atoms with Crippen LogP contribution in [0.1, 0.15) is 303 Å². The molecule has 0 aliphatic heterocycles. The summed E-state index contributed by atoms with van der Waals surface area (Å²) in [6.07, 6.45) is 68.1. The van der Waals surface area contributed by atoms with Crippen LogP contribution < -0.4 is 0 Å². The molecule has 0 bridgehead atoms. The van der Waals surface area contributed by atoms with Crippen molar-refractivity contribution in [2.24, 2.45) is 0 Å². The first-order valence-corrected chi connectivity index (χ1v) is 29.2. The molecule has 0 saturated carbocycles. The number of carbonyl (C=O) groups is 3. The molecule has 0 radical (unpaired) electrons. The van der Waals surface area contributed by atoms with Gasteiger partial charge in [0, 0.05) is 19.3 Å². The Bertz CT molecular complexity index is 1170. The van der Waals surface area contributed by atoms with E-state index in [0.29, 0.717) is 19.3 Å². The SMILES string of the molecule is CCCCCCCC/C=C\CCCCCCCCCC(=O)OCC(COC(=O)CCCCCCC/C=C\CCCCCCCCC)OC(=O)CCCCC/C=C\C=C/CCCCCCCCC. The lowest BCUT2D eigenvalue weighted by Gasteiger charge is -2.18. The predicted octanol–water partition coefficient (Wildman–Crippen LogP) is 19.4. The highest BCUT2D eigenvalue weighted by molar-refractivity contribution is 5.71. The molecule has 0 aromatic heterocycles. The quantitative estimate of drug-likeness (QED) is 0.0199. The molecule has 67 heavy (non-hydrogen) atoms. The third-order valence-corrected chi connectivity index (χ3v) is 12.8. The number of carbonyl (C=O) groups excluding carboxylic acids is 3. The number of ether oxygens (including phenoxy) is 3. The lowest BCUT2D eigenvalue weighted by Crippen LogP contribution is -2.30. The maximum atomic E-state index is 12.8. The molecule has 0 saturated heterocycles. The maximum absolute atomic E-state index is 12.8. The summed E-state index contributed by atoms with van der Waals surface area (Å²) in [5.74, 6) is -0.913. The Hall–Kier alpha value is -2.63. The van der Waals surface area contributed by atoms with E-state index in [4.69, 9.17) is 14.2 Å². The largest absolute Gasteiger partial charge is 0.462 e. The van der Waals surface area contributed by atoms with E-state index in [1.165, 1.54) is 186 Å². The van der Waals surface area contributed by atoms with Gasteiger partial charge in [-0.2, -0.15) is 0 Å². The predicted molar refractivity (Wildman–Crippen MR) is 289 cm³/mol. The Morgan fingerprint density at radius 3 is 0.851 bits per heavy atom. The van der Waals surface area contributed by atoms with E-state index in [1.807, 2.05) is 0 Å². The first-order chi connectivity index (χ1) is 33.0. The standard InChI is InChI=1S/C61H110O6/c1-4-7-10-13-16-19-22-25-28-31-34-36-39-42-45-48-51-54-60(63)66-57-58(67-61(64)55-52-49-46-43-40-37-33-30-27-24-21-18-15-12-9-6-3)56-65-59(62)53-50-47-44-41-38-35-32-29-26-23-20-17-14-11-8-5-2/h25,28-30,32-33,37,40,58H,4-24,26-27,31,34-36,38-39,41-57H2,1-3H3/b28-25-,32-29-,33-30-,40-37-. The van der Waals surface area contributed by atoms with Gasteiger partial charge in [0.05, 0.1) is 0 Å². The van der Waals surface area contributed by atoms with Gasteiger partial charge in [-0.1, -0.05) is 236 Å². The molecule has 0 rings (SSSR count). The lowest BCUT2D eigenvalue weighted by molar-refractivity contribution is -0.167. The zero-order chi connectivity index (χ0) is 48.6. The molecule has 390 valence electrons. The van der Waals surface area contributed by atoms with E-state index in [0.717, 1.165) is 77.0 Å². The Balaban J connectivity index is 4.42. The van der Waals surface area contributed by atoms with Crippen molar-refractivity contribution in [3.8, 4) is 0 Å². The molecule has 0 heterocycles. The lowest BCUT2D eigenvalue weighted by atomic mass is 10.1. The van der Waals surface area contributed by atoms with E-state index >= 15 is 0 Å². The van der Waals surface area contributed by atoms with Crippen LogP contribution in [0.25, 0.3) is 0 Å². The van der Waals surface area contributed by atoms with Crippen LogP contribution in [0.2, 0.25) is 0 Å². The van der Waals surface area contributed by atoms with Crippen LogP contribution in [-0.4, -0.2) is 37.2 Å². The minimum atomic E-state index is -0.791. The highest BCUT2D eigenvalue weighted by Crippen LogP contribution is 2.15. The summed E-state index contributed by atoms with van der Waals surface area (Å²) >= 11 is 0. The number of unbranched alkanes of at least 4 members (excludes halogenated alkanes) is 35. The second kappa shape index (κ2) is 56.0. The Morgan fingerprint density at radius 2 is 0.537 bits per heavy atom. The van der Waals surface area contributed by atoms with Crippen LogP contribution in [-0.2, 0) is 28.6 Å². The average Bonchev–Trinajstić information content (AvgIpc) is 3.33. The molecule has 0 N–H and O–H groups in total. The van der Waals surface area contributed by atoms with Crippen molar-refractivity contribution in [2.45, 2.75) is 309 Å². The van der Waals surface area contributed by atoms with Gasteiger partial charge in [-0.15, -0.1) is 0 Å². The monoisotopic (exact) mass is 939 g/mol. The minimum absolute atomic E-state index is 0.0873. The third kappa shape index (κ3) is 54.2. The van der Waals surface area contributed by atoms with Crippen molar-refractivity contribution in [2.75, 3.05) is 13.2 Å². The fraction of sp³-hybridized carbons (Fsp3) is 0.820. The molecule has 0 aromatic rings. The topological polar surface area (TPSA) is 78.9 Å². The van der Waals surface area contributed by atoms with Crippen LogP contribution in [0.15, 0.2) is 48.6 Å². The van der Waals surface area contributed by atoms with Gasteiger partial charge in [-0.05, 0) is 96.3 Å². The molecule has 1 atom stereocenters. The maximum Gasteiger partial charge on any atom is 0.306 e. The highest BCUT2D eigenvalue weighted by Gasteiger charge is 2.19. The molecule has 0 aliphatic carbocycles. The summed E-state index contributed by atoms with van der Waals surface area (Å²) in [7, 11) is 0. The van der Waals surface area contributed by atoms with Crippen molar-refractivity contribution >= 4 is 17.9 Å². The Kier molecular flexibility index (Phi) is 53.8. The Morgan fingerprint density at radius 1 is 0.299 bits per heavy atom. The number of hydrogen-bond acceptors (Lipinski definition) is 6. The van der Waals surface area contributed by atoms with Crippen LogP contribution in [0, 0.1) is 0 Å². The summed E-state index contributed by atoms with van der Waals surface area (Å²) in [6, 6.07) is 0. The van der Waals surface area contributed by atoms with Crippen molar-refractivity contribution in [1.82, 2.24) is 0 Å². The summed E-state index contributed by atoms with van der Waals surface area (Å²) in [6.45, 7) is 6.63. The van der Waals surface area contributed by atoms with Crippen LogP contribution in [0.5, 0.6) is 0 Å². The molecule has 0 aliphatic rings. The zero-order valence-corrected chi connectivity index (χ0v) is 44.7. The van der Waals surface area contributed by atoms with E-state index in [9.17, 15) is 14.4 Å². The number of hydrogen-bond donors (Lipinski definition) is 0. The van der Waals surface area contributed by atoms with E-state index in [2.05, 4.69) is 69.4 Å². The summed E-state index contributed by atoms with van der Waals surface area (Å²) in [4.78, 5) is 38.1. The second-order valence-electron chi connectivity index (χ2n) is 19.6. The first kappa shape index (κ1) is 64.4. The van der Waals surface area contributed by atoms with Gasteiger partial charge < -0.3 is 14.2 Å². The van der Waals surface area contributed by atoms with E-state index < -0.39 is 6.10 Å². The van der Waals surface area contributed by atoms with Gasteiger partial charge in [-0.25, -0.2) is 0 Å². The van der Waals surface area contributed by atoms with Gasteiger partial charge in [-0.3, -0.25) is 14.4 Å². The fourth-order valence-corrected chi connectivity index (χ4v) is 8.36. The van der Waals surface area contributed by atoms with Gasteiger partial charge in [0.15, 0.2) is 6.10 Å². The van der Waals surface area contributed by atoms with Crippen molar-refractivity contribution in [1.29, 1.82) is 0 Å². The molecule has 6 nitrogen and oxygen atoms in total. The van der Waals surface area contributed by atoms with E-state index in [-0.39, 0.29) is 31.1 Å². The second-order valence-corrected chi connectivity index (χ2v) is 19.6. The molecule has 0 spiro atoms. The van der Waals surface area contributed by atoms with Crippen molar-refractivity contribution in [3.05, 3.63) is 48.6 Å². The number of esters is 3. The van der Waals surface area contributed by atoms with Crippen molar-refractivity contribution < 1.29 is 28.6 Å². The van der Waals surface area contributed by atoms with Crippen LogP contribution >= 0.6 is 0 Å². The van der Waals surface area contributed by atoms with Gasteiger partial charge in [0.1, 0.15) is 13.2 Å². The average molecular weight is 940 g/mol. The van der Waals surface area contributed by atoms with Crippen LogP contribution in [0.3, 0.4) is 0 Å². The van der Waals surface area contributed by atoms with Gasteiger partial charge in [0.25, 0.3) is 0 Å². The van der Waals surface area contributed by atoms with E-state index in [1.54, 1.807) is 0 Å². The minimum Gasteiger partial charge on any atom is -0.462 e. The van der Waals surface area contributed by atoms with Crippen molar-refractivity contribution in [3.63, 3.8) is 0 Å². The summed E-state index contributed by atoms with van der Waals surface area (Å²) < 4.78 is 16.8. The molecule has 0 fully saturated rings. The summed E-state index contributed by atoms with van der Waals surface area (Å²) in [5.41, 5.74) is 0. The summed E-state index contributed by atoms with van der Waals surface area (Å²) in [5, 5.41) is 0.